The van der Waals surface area contributed by atoms with Crippen molar-refractivity contribution in [2.75, 3.05) is 6.54 Å². The third-order valence-electron chi connectivity index (χ3n) is 5.21. The van der Waals surface area contributed by atoms with Crippen LogP contribution in [0.1, 0.15) is 31.2 Å². The topological polar surface area (TPSA) is 66.7 Å². The van der Waals surface area contributed by atoms with Gasteiger partial charge in [-0.25, -0.2) is 9.37 Å². The maximum absolute atomic E-state index is 13.4. The molecule has 136 valence electrons. The first-order valence-corrected chi connectivity index (χ1v) is 8.79. The second-order valence-electron chi connectivity index (χ2n) is 6.86. The molecule has 2 saturated heterocycles. The third-order valence-corrected chi connectivity index (χ3v) is 5.21. The van der Waals surface area contributed by atoms with E-state index < -0.39 is 6.04 Å². The summed E-state index contributed by atoms with van der Waals surface area (Å²) in [6, 6.07) is 5.14. The number of amides is 2. The fourth-order valence-corrected chi connectivity index (χ4v) is 3.74. The van der Waals surface area contributed by atoms with E-state index in [4.69, 9.17) is 4.42 Å². The van der Waals surface area contributed by atoms with E-state index in [0.29, 0.717) is 35.9 Å². The van der Waals surface area contributed by atoms with Gasteiger partial charge in [0.05, 0.1) is 6.54 Å². The van der Waals surface area contributed by atoms with E-state index in [1.165, 1.54) is 12.1 Å². The number of carbonyl (C=O) groups excluding carboxylic acids is 2. The molecule has 0 N–H and O–H groups in total. The number of aryl methyl sites for hydroxylation is 1. The van der Waals surface area contributed by atoms with Crippen molar-refractivity contribution in [1.29, 1.82) is 0 Å². The van der Waals surface area contributed by atoms with Crippen molar-refractivity contribution in [3.05, 3.63) is 41.5 Å². The molecule has 2 aromatic rings. The highest BCUT2D eigenvalue weighted by molar-refractivity contribution is 5.97. The lowest BCUT2D eigenvalue weighted by atomic mass is 10.1. The van der Waals surface area contributed by atoms with Crippen LogP contribution in [-0.2, 0) is 16.1 Å². The van der Waals surface area contributed by atoms with Gasteiger partial charge in [0, 0.05) is 12.1 Å². The summed E-state index contributed by atoms with van der Waals surface area (Å²) in [5.74, 6) is 0.447. The number of fused-ring (bicyclic) bond motifs is 1. The Bertz CT molecular complexity index is 879. The van der Waals surface area contributed by atoms with E-state index in [1.807, 2.05) is 0 Å². The van der Waals surface area contributed by atoms with Gasteiger partial charge in [-0.1, -0.05) is 6.07 Å². The van der Waals surface area contributed by atoms with E-state index in [9.17, 15) is 14.0 Å². The zero-order valence-corrected chi connectivity index (χ0v) is 14.7. The molecule has 4 rings (SSSR count). The van der Waals surface area contributed by atoms with Crippen LogP contribution in [0.2, 0.25) is 0 Å². The van der Waals surface area contributed by atoms with Crippen molar-refractivity contribution in [2.45, 2.75) is 45.3 Å². The summed E-state index contributed by atoms with van der Waals surface area (Å²) in [6.07, 6.45) is 1.57. The minimum Gasteiger partial charge on any atom is -0.441 e. The summed E-state index contributed by atoms with van der Waals surface area (Å²) in [5, 5.41) is 0. The molecule has 0 unspecified atom stereocenters. The highest BCUT2D eigenvalue weighted by Crippen LogP contribution is 2.29. The minimum atomic E-state index is -0.523. The van der Waals surface area contributed by atoms with Crippen LogP contribution in [-0.4, -0.2) is 45.2 Å². The molecule has 7 heteroatoms. The van der Waals surface area contributed by atoms with Crippen LogP contribution >= 0.6 is 0 Å². The first kappa shape index (κ1) is 16.8. The number of halogens is 1. The molecule has 6 nitrogen and oxygen atoms in total. The van der Waals surface area contributed by atoms with Gasteiger partial charge in [-0.05, 0) is 44.9 Å². The highest BCUT2D eigenvalue weighted by atomic mass is 19.1. The molecule has 0 spiro atoms. The standard InChI is InChI=1S/C19H20FN3O3/c1-11-18(24)22-8-4-7-16(22)19(25)23(11)10-15-12(2)26-17(21-15)13-5-3-6-14(20)9-13/h3,5-6,9,11,16H,4,7-8,10H2,1-2H3/t11-,16+/m0/s1. The van der Waals surface area contributed by atoms with Crippen LogP contribution in [0.15, 0.2) is 28.7 Å². The van der Waals surface area contributed by atoms with Crippen LogP contribution in [0, 0.1) is 12.7 Å². The van der Waals surface area contributed by atoms with Crippen LogP contribution in [0.5, 0.6) is 0 Å². The molecule has 1 aromatic carbocycles. The van der Waals surface area contributed by atoms with Gasteiger partial charge in [0.15, 0.2) is 0 Å². The molecule has 26 heavy (non-hydrogen) atoms. The Morgan fingerprint density at radius 3 is 2.88 bits per heavy atom. The molecule has 1 aromatic heterocycles. The summed E-state index contributed by atoms with van der Waals surface area (Å²) in [6.45, 7) is 4.37. The van der Waals surface area contributed by atoms with E-state index in [1.54, 1.807) is 35.8 Å². The molecule has 0 radical (unpaired) electrons. The van der Waals surface area contributed by atoms with Gasteiger partial charge in [0.1, 0.15) is 29.4 Å². The molecule has 3 heterocycles. The Morgan fingerprint density at radius 1 is 1.31 bits per heavy atom. The first-order valence-electron chi connectivity index (χ1n) is 8.79. The van der Waals surface area contributed by atoms with Crippen LogP contribution < -0.4 is 0 Å². The summed E-state index contributed by atoms with van der Waals surface area (Å²) in [4.78, 5) is 33.1. The summed E-state index contributed by atoms with van der Waals surface area (Å²) in [5.41, 5.74) is 1.12. The van der Waals surface area contributed by atoms with Gasteiger partial charge in [-0.2, -0.15) is 0 Å². The molecule has 2 fully saturated rings. The van der Waals surface area contributed by atoms with Gasteiger partial charge in [-0.15, -0.1) is 0 Å². The summed E-state index contributed by atoms with van der Waals surface area (Å²) < 4.78 is 19.1. The second-order valence-corrected chi connectivity index (χ2v) is 6.86. The number of hydrogen-bond acceptors (Lipinski definition) is 4. The number of hydrogen-bond donors (Lipinski definition) is 0. The Morgan fingerprint density at radius 2 is 2.12 bits per heavy atom. The Hall–Kier alpha value is -2.70. The molecule has 2 aliphatic heterocycles. The molecule has 2 atom stereocenters. The van der Waals surface area contributed by atoms with Crippen LogP contribution in [0.3, 0.4) is 0 Å². The van der Waals surface area contributed by atoms with Gasteiger partial charge >= 0.3 is 0 Å². The predicted octanol–water partition coefficient (Wildman–Crippen LogP) is 2.51. The molecule has 2 aliphatic rings. The Balaban J connectivity index is 1.61. The van der Waals surface area contributed by atoms with Crippen molar-refractivity contribution >= 4 is 11.8 Å². The molecule has 0 saturated carbocycles. The maximum atomic E-state index is 13.4. The molecular weight excluding hydrogens is 337 g/mol. The molecule has 2 amide bonds. The fourth-order valence-electron chi connectivity index (χ4n) is 3.74. The van der Waals surface area contributed by atoms with Gasteiger partial charge in [0.25, 0.3) is 0 Å². The largest absolute Gasteiger partial charge is 0.441 e. The monoisotopic (exact) mass is 357 g/mol. The van der Waals surface area contributed by atoms with E-state index in [2.05, 4.69) is 4.98 Å². The van der Waals surface area contributed by atoms with Gasteiger partial charge < -0.3 is 14.2 Å². The summed E-state index contributed by atoms with van der Waals surface area (Å²) >= 11 is 0. The lowest BCUT2D eigenvalue weighted by Gasteiger charge is -2.40. The molecule has 0 bridgehead atoms. The number of carbonyl (C=O) groups is 2. The molecular formula is C19H20FN3O3. The zero-order chi connectivity index (χ0) is 18.4. The van der Waals surface area contributed by atoms with E-state index in [0.717, 1.165) is 6.42 Å². The highest BCUT2D eigenvalue weighted by Gasteiger charge is 2.46. The lowest BCUT2D eigenvalue weighted by molar-refractivity contribution is -0.159. The van der Waals surface area contributed by atoms with E-state index >= 15 is 0 Å². The number of oxazole rings is 1. The van der Waals surface area contributed by atoms with Crippen molar-refractivity contribution in [3.63, 3.8) is 0 Å². The average molecular weight is 357 g/mol. The quantitative estimate of drug-likeness (QED) is 0.847. The van der Waals surface area contributed by atoms with Crippen LogP contribution in [0.4, 0.5) is 4.39 Å². The maximum Gasteiger partial charge on any atom is 0.246 e. The normalized spacial score (nSPS) is 22.9. The minimum absolute atomic E-state index is 0.0152. The Kier molecular flexibility index (Phi) is 4.01. The van der Waals surface area contributed by atoms with Crippen molar-refractivity contribution in [3.8, 4) is 11.5 Å². The van der Waals surface area contributed by atoms with Crippen molar-refractivity contribution < 1.29 is 18.4 Å². The SMILES string of the molecule is Cc1oc(-c2cccc(F)c2)nc1CN1C(=O)[C@H]2CCCN2C(=O)[C@@H]1C. The number of aromatic nitrogens is 1. The zero-order valence-electron chi connectivity index (χ0n) is 14.7. The number of nitrogens with zero attached hydrogens (tertiary/aromatic N) is 3. The number of rotatable bonds is 3. The predicted molar refractivity (Wildman–Crippen MR) is 91.4 cm³/mol. The fraction of sp³-hybridized carbons (Fsp3) is 0.421. The molecule has 0 aliphatic carbocycles. The smallest absolute Gasteiger partial charge is 0.246 e. The Labute approximate surface area is 150 Å². The second kappa shape index (κ2) is 6.23. The lowest BCUT2D eigenvalue weighted by Crippen LogP contribution is -2.61. The van der Waals surface area contributed by atoms with Crippen LogP contribution in [0.25, 0.3) is 11.5 Å². The average Bonchev–Trinajstić information content (AvgIpc) is 3.24. The van der Waals surface area contributed by atoms with Crippen molar-refractivity contribution in [2.24, 2.45) is 0 Å². The number of piperazine rings is 1. The van der Waals surface area contributed by atoms with Gasteiger partial charge in [-0.3, -0.25) is 9.59 Å². The van der Waals surface area contributed by atoms with Crippen molar-refractivity contribution in [1.82, 2.24) is 14.8 Å². The third kappa shape index (κ3) is 2.67. The number of benzene rings is 1. The summed E-state index contributed by atoms with van der Waals surface area (Å²) in [7, 11) is 0. The van der Waals surface area contributed by atoms with E-state index in [-0.39, 0.29) is 30.2 Å². The first-order chi connectivity index (χ1) is 12.5. The van der Waals surface area contributed by atoms with Gasteiger partial charge in [0.2, 0.25) is 17.7 Å².